The number of rotatable bonds is 2. The van der Waals surface area contributed by atoms with E-state index in [0.29, 0.717) is 12.1 Å². The van der Waals surface area contributed by atoms with Crippen molar-refractivity contribution in [1.29, 1.82) is 0 Å². The van der Waals surface area contributed by atoms with E-state index >= 15 is 0 Å². The fraction of sp³-hybridized carbons (Fsp3) is 0.333. The third-order valence-corrected chi connectivity index (χ3v) is 2.86. The maximum Gasteiger partial charge on any atom is 0.348 e. The van der Waals surface area contributed by atoms with Crippen LogP contribution in [0.2, 0.25) is 0 Å². The summed E-state index contributed by atoms with van der Waals surface area (Å²) < 4.78 is 0. The van der Waals surface area contributed by atoms with Crippen molar-refractivity contribution < 1.29 is 14.7 Å². The SMILES string of the molecule is Cc1cccc(C2=NOC(C(=O)O)C2)c1C. The van der Waals surface area contributed by atoms with E-state index in [1.165, 1.54) is 5.56 Å². The molecular formula is C12H13NO3. The van der Waals surface area contributed by atoms with Crippen molar-refractivity contribution in [3.63, 3.8) is 0 Å². The van der Waals surface area contributed by atoms with Gasteiger partial charge in [0.05, 0.1) is 5.71 Å². The number of nitrogens with zero attached hydrogens (tertiary/aromatic N) is 1. The predicted molar refractivity (Wildman–Crippen MR) is 59.6 cm³/mol. The minimum atomic E-state index is -0.968. The molecule has 1 aliphatic rings. The highest BCUT2D eigenvalue weighted by molar-refractivity contribution is 6.04. The first-order chi connectivity index (χ1) is 7.59. The van der Waals surface area contributed by atoms with E-state index in [0.717, 1.165) is 11.1 Å². The number of aliphatic carboxylic acids is 1. The molecule has 0 saturated heterocycles. The number of benzene rings is 1. The van der Waals surface area contributed by atoms with Gasteiger partial charge in [-0.15, -0.1) is 0 Å². The van der Waals surface area contributed by atoms with Gasteiger partial charge in [0.2, 0.25) is 6.10 Å². The lowest BCUT2D eigenvalue weighted by atomic mass is 9.97. The number of hydrogen-bond acceptors (Lipinski definition) is 3. The second-order valence-corrected chi connectivity index (χ2v) is 3.92. The Morgan fingerprint density at radius 2 is 2.25 bits per heavy atom. The fourth-order valence-corrected chi connectivity index (χ4v) is 1.73. The Morgan fingerprint density at radius 3 is 2.88 bits per heavy atom. The van der Waals surface area contributed by atoms with E-state index in [2.05, 4.69) is 5.16 Å². The Kier molecular flexibility index (Phi) is 2.64. The van der Waals surface area contributed by atoms with Gasteiger partial charge in [-0.3, -0.25) is 0 Å². The number of carbonyl (C=O) groups is 1. The largest absolute Gasteiger partial charge is 0.478 e. The Balaban J connectivity index is 2.27. The third kappa shape index (κ3) is 1.78. The zero-order chi connectivity index (χ0) is 11.7. The molecule has 1 unspecified atom stereocenters. The molecule has 0 aliphatic carbocycles. The molecule has 16 heavy (non-hydrogen) atoms. The topological polar surface area (TPSA) is 58.9 Å². The highest BCUT2D eigenvalue weighted by Gasteiger charge is 2.28. The zero-order valence-electron chi connectivity index (χ0n) is 9.23. The smallest absolute Gasteiger partial charge is 0.348 e. The van der Waals surface area contributed by atoms with Crippen molar-refractivity contribution in [1.82, 2.24) is 0 Å². The Labute approximate surface area is 93.5 Å². The van der Waals surface area contributed by atoms with Crippen LogP contribution in [0.4, 0.5) is 0 Å². The highest BCUT2D eigenvalue weighted by atomic mass is 16.7. The summed E-state index contributed by atoms with van der Waals surface area (Å²) >= 11 is 0. The lowest BCUT2D eigenvalue weighted by molar-refractivity contribution is -0.148. The molecule has 0 spiro atoms. The van der Waals surface area contributed by atoms with Crippen LogP contribution in [0.1, 0.15) is 23.1 Å². The number of hydrogen-bond donors (Lipinski definition) is 1. The average molecular weight is 219 g/mol. The van der Waals surface area contributed by atoms with Gasteiger partial charge in [-0.25, -0.2) is 4.79 Å². The van der Waals surface area contributed by atoms with Gasteiger partial charge in [-0.2, -0.15) is 0 Å². The third-order valence-electron chi connectivity index (χ3n) is 2.86. The highest BCUT2D eigenvalue weighted by Crippen LogP contribution is 2.21. The maximum atomic E-state index is 10.7. The molecule has 4 nitrogen and oxygen atoms in total. The van der Waals surface area contributed by atoms with E-state index in [9.17, 15) is 4.79 Å². The molecule has 0 saturated carbocycles. The standard InChI is InChI=1S/C12H13NO3/c1-7-4-3-5-9(8(7)2)10-6-11(12(14)15)16-13-10/h3-5,11H,6H2,1-2H3,(H,14,15). The lowest BCUT2D eigenvalue weighted by Gasteiger charge is -2.06. The van der Waals surface area contributed by atoms with Gasteiger partial charge in [0.25, 0.3) is 0 Å². The summed E-state index contributed by atoms with van der Waals surface area (Å²) in [5, 5.41) is 12.6. The Bertz CT molecular complexity index is 465. The second-order valence-electron chi connectivity index (χ2n) is 3.92. The minimum Gasteiger partial charge on any atom is -0.478 e. The van der Waals surface area contributed by atoms with Crippen molar-refractivity contribution in [3.8, 4) is 0 Å². The normalized spacial score (nSPS) is 19.1. The van der Waals surface area contributed by atoms with Gasteiger partial charge in [0.15, 0.2) is 0 Å². The van der Waals surface area contributed by atoms with Crippen LogP contribution in [0.3, 0.4) is 0 Å². The minimum absolute atomic E-state index is 0.333. The van der Waals surface area contributed by atoms with Crippen LogP contribution in [0.5, 0.6) is 0 Å². The van der Waals surface area contributed by atoms with E-state index in [1.807, 2.05) is 32.0 Å². The summed E-state index contributed by atoms with van der Waals surface area (Å²) in [6.07, 6.45) is -0.505. The summed E-state index contributed by atoms with van der Waals surface area (Å²) in [5.74, 6) is -0.968. The second kappa shape index (κ2) is 3.96. The molecule has 0 fully saturated rings. The van der Waals surface area contributed by atoms with E-state index in [4.69, 9.17) is 9.94 Å². The van der Waals surface area contributed by atoms with Crippen LogP contribution in [-0.4, -0.2) is 22.9 Å². The van der Waals surface area contributed by atoms with Crippen molar-refractivity contribution >= 4 is 11.7 Å². The molecule has 0 aromatic heterocycles. The summed E-state index contributed by atoms with van der Waals surface area (Å²) in [6.45, 7) is 4.02. The summed E-state index contributed by atoms with van der Waals surface area (Å²) in [5.41, 5.74) is 3.98. The van der Waals surface area contributed by atoms with Crippen LogP contribution in [0, 0.1) is 13.8 Å². The first kappa shape index (κ1) is 10.7. The fourth-order valence-electron chi connectivity index (χ4n) is 1.73. The van der Waals surface area contributed by atoms with Gasteiger partial charge in [0.1, 0.15) is 0 Å². The van der Waals surface area contributed by atoms with Gasteiger partial charge in [-0.05, 0) is 25.0 Å². The molecule has 0 bridgehead atoms. The van der Waals surface area contributed by atoms with Gasteiger partial charge < -0.3 is 9.94 Å². The maximum absolute atomic E-state index is 10.7. The van der Waals surface area contributed by atoms with Crippen LogP contribution >= 0.6 is 0 Å². The molecule has 4 heteroatoms. The molecular weight excluding hydrogens is 206 g/mol. The van der Waals surface area contributed by atoms with E-state index < -0.39 is 12.1 Å². The zero-order valence-corrected chi connectivity index (χ0v) is 9.23. The van der Waals surface area contributed by atoms with Crippen LogP contribution in [-0.2, 0) is 9.63 Å². The monoisotopic (exact) mass is 219 g/mol. The molecule has 84 valence electrons. The van der Waals surface area contributed by atoms with E-state index in [-0.39, 0.29) is 0 Å². The number of oxime groups is 1. The molecule has 1 N–H and O–H groups in total. The molecule has 1 atom stereocenters. The van der Waals surface area contributed by atoms with Gasteiger partial charge in [-0.1, -0.05) is 23.4 Å². The molecule has 1 aromatic carbocycles. The Hall–Kier alpha value is -1.84. The average Bonchev–Trinajstić information content (AvgIpc) is 2.71. The van der Waals surface area contributed by atoms with E-state index in [1.54, 1.807) is 0 Å². The molecule has 1 heterocycles. The van der Waals surface area contributed by atoms with Crippen molar-refractivity contribution in [2.75, 3.05) is 0 Å². The van der Waals surface area contributed by atoms with Crippen LogP contribution < -0.4 is 0 Å². The molecule has 1 aliphatic heterocycles. The molecule has 1 aromatic rings. The van der Waals surface area contributed by atoms with Gasteiger partial charge >= 0.3 is 5.97 Å². The molecule has 2 rings (SSSR count). The summed E-state index contributed by atoms with van der Waals surface area (Å²) in [4.78, 5) is 15.6. The lowest BCUT2D eigenvalue weighted by Crippen LogP contribution is -2.20. The number of carboxylic acid groups (broad SMARTS) is 1. The molecule has 0 amide bonds. The van der Waals surface area contributed by atoms with Crippen molar-refractivity contribution in [2.45, 2.75) is 26.4 Å². The van der Waals surface area contributed by atoms with Crippen molar-refractivity contribution in [3.05, 3.63) is 34.9 Å². The summed E-state index contributed by atoms with van der Waals surface area (Å²) in [6, 6.07) is 5.90. The van der Waals surface area contributed by atoms with Gasteiger partial charge in [0, 0.05) is 12.0 Å². The van der Waals surface area contributed by atoms with Crippen LogP contribution in [0.15, 0.2) is 23.4 Å². The summed E-state index contributed by atoms with van der Waals surface area (Å²) in [7, 11) is 0. The van der Waals surface area contributed by atoms with Crippen molar-refractivity contribution in [2.24, 2.45) is 5.16 Å². The van der Waals surface area contributed by atoms with Crippen LogP contribution in [0.25, 0.3) is 0 Å². The predicted octanol–water partition coefficient (Wildman–Crippen LogP) is 1.88. The first-order valence-electron chi connectivity index (χ1n) is 5.11. The quantitative estimate of drug-likeness (QED) is 0.826. The molecule has 0 radical (unpaired) electrons. The number of aryl methyl sites for hydroxylation is 1. The number of carboxylic acids is 1. The first-order valence-corrected chi connectivity index (χ1v) is 5.11. The Morgan fingerprint density at radius 1 is 1.50 bits per heavy atom.